The standard InChI is InChI=1S/C8H8ClFSe/c1-6-2-3-8(11-5-10)7(9)4-6/h2-4H,5H2,1H3. The van der Waals surface area contributed by atoms with Crippen LogP contribution in [0.5, 0.6) is 0 Å². The summed E-state index contributed by atoms with van der Waals surface area (Å²) in [5.41, 5.74) is 0.837. The van der Waals surface area contributed by atoms with E-state index in [9.17, 15) is 4.39 Å². The van der Waals surface area contributed by atoms with Gasteiger partial charge in [-0.25, -0.2) is 0 Å². The zero-order valence-corrected chi connectivity index (χ0v) is 8.57. The van der Waals surface area contributed by atoms with Crippen molar-refractivity contribution in [3.05, 3.63) is 28.8 Å². The van der Waals surface area contributed by atoms with Crippen LogP contribution >= 0.6 is 11.6 Å². The van der Waals surface area contributed by atoms with Gasteiger partial charge in [-0.3, -0.25) is 0 Å². The van der Waals surface area contributed by atoms with E-state index in [4.69, 9.17) is 11.6 Å². The molecule has 0 N–H and O–H groups in total. The van der Waals surface area contributed by atoms with Crippen LogP contribution < -0.4 is 4.46 Å². The summed E-state index contributed by atoms with van der Waals surface area (Å²) in [4.78, 5) is 0. The Bertz CT molecular complexity index is 250. The Labute approximate surface area is 76.9 Å². The number of alkyl halides is 1. The molecule has 0 aliphatic rings. The minimum absolute atomic E-state index is 0.106. The number of aryl methyl sites for hydroxylation is 1. The van der Waals surface area contributed by atoms with Crippen LogP contribution in [-0.2, 0) is 0 Å². The SMILES string of the molecule is Cc1ccc([Se]CF)c(Cl)c1. The number of benzene rings is 1. The second kappa shape index (κ2) is 4.10. The molecule has 0 nitrogen and oxygen atoms in total. The quantitative estimate of drug-likeness (QED) is 0.690. The molecule has 0 heterocycles. The topological polar surface area (TPSA) is 0 Å². The molecule has 0 aromatic heterocycles. The van der Waals surface area contributed by atoms with Crippen molar-refractivity contribution < 1.29 is 4.39 Å². The van der Waals surface area contributed by atoms with Gasteiger partial charge in [-0.2, -0.15) is 0 Å². The van der Waals surface area contributed by atoms with Gasteiger partial charge in [-0.1, -0.05) is 0 Å². The Balaban J connectivity index is 2.90. The number of hydrogen-bond acceptors (Lipinski definition) is 0. The minimum atomic E-state index is -0.282. The van der Waals surface area contributed by atoms with Gasteiger partial charge in [0.15, 0.2) is 0 Å². The number of halogens is 2. The van der Waals surface area contributed by atoms with E-state index in [1.165, 1.54) is 0 Å². The molecule has 60 valence electrons. The van der Waals surface area contributed by atoms with Crippen molar-refractivity contribution in [2.45, 2.75) is 6.92 Å². The van der Waals surface area contributed by atoms with Crippen LogP contribution in [0, 0.1) is 6.92 Å². The molecule has 0 unspecified atom stereocenters. The Morgan fingerprint density at radius 3 is 2.82 bits per heavy atom. The summed E-state index contributed by atoms with van der Waals surface area (Å²) < 4.78 is 12.9. The van der Waals surface area contributed by atoms with Crippen LogP contribution in [0.2, 0.25) is 5.02 Å². The van der Waals surface area contributed by atoms with Gasteiger partial charge in [0.1, 0.15) is 0 Å². The predicted molar refractivity (Wildman–Crippen MR) is 47.6 cm³/mol. The molecule has 0 fully saturated rings. The third kappa shape index (κ3) is 2.48. The molecule has 1 aromatic carbocycles. The summed E-state index contributed by atoms with van der Waals surface area (Å²) in [6.45, 7) is 1.97. The maximum atomic E-state index is 11.9. The molecule has 3 heteroatoms. The fourth-order valence-electron chi connectivity index (χ4n) is 0.782. The van der Waals surface area contributed by atoms with Gasteiger partial charge in [0.25, 0.3) is 0 Å². The number of rotatable bonds is 2. The van der Waals surface area contributed by atoms with Gasteiger partial charge >= 0.3 is 76.7 Å². The van der Waals surface area contributed by atoms with E-state index in [-0.39, 0.29) is 20.5 Å². The molecule has 0 spiro atoms. The van der Waals surface area contributed by atoms with E-state index in [0.717, 1.165) is 10.0 Å². The molecule has 0 aliphatic heterocycles. The average Bonchev–Trinajstić information content (AvgIpc) is 1.95. The molecule has 0 atom stereocenters. The fraction of sp³-hybridized carbons (Fsp3) is 0.250. The van der Waals surface area contributed by atoms with Crippen LogP contribution in [-0.4, -0.2) is 20.5 Å². The normalized spacial score (nSPS) is 10.1. The molecule has 11 heavy (non-hydrogen) atoms. The van der Waals surface area contributed by atoms with Crippen molar-refractivity contribution in [2.75, 3.05) is 5.57 Å². The molecule has 0 amide bonds. The second-order valence-electron chi connectivity index (χ2n) is 2.19. The van der Waals surface area contributed by atoms with Gasteiger partial charge in [-0.15, -0.1) is 0 Å². The maximum absolute atomic E-state index is 11.9. The van der Waals surface area contributed by atoms with Crippen molar-refractivity contribution in [3.63, 3.8) is 0 Å². The van der Waals surface area contributed by atoms with Crippen LogP contribution in [0.25, 0.3) is 0 Å². The first kappa shape index (κ1) is 9.05. The summed E-state index contributed by atoms with van der Waals surface area (Å²) in [5, 5.41) is 0.697. The van der Waals surface area contributed by atoms with E-state index in [1.807, 2.05) is 25.1 Å². The Morgan fingerprint density at radius 1 is 1.55 bits per heavy atom. The molecule has 0 saturated carbocycles. The van der Waals surface area contributed by atoms with Gasteiger partial charge in [-0.05, 0) is 0 Å². The second-order valence-corrected chi connectivity index (χ2v) is 4.58. The van der Waals surface area contributed by atoms with E-state index in [2.05, 4.69) is 0 Å². The van der Waals surface area contributed by atoms with E-state index < -0.39 is 0 Å². The zero-order chi connectivity index (χ0) is 8.27. The summed E-state index contributed by atoms with van der Waals surface area (Å²) in [5.74, 6) is 0. The fourth-order valence-corrected chi connectivity index (χ4v) is 2.30. The molecular weight excluding hydrogens is 229 g/mol. The summed E-state index contributed by atoms with van der Waals surface area (Å²) in [6.07, 6.45) is 0. The van der Waals surface area contributed by atoms with Crippen molar-refractivity contribution >= 4 is 31.0 Å². The van der Waals surface area contributed by atoms with Gasteiger partial charge < -0.3 is 0 Å². The van der Waals surface area contributed by atoms with E-state index in [1.54, 1.807) is 0 Å². The van der Waals surface area contributed by atoms with Gasteiger partial charge in [0.2, 0.25) is 0 Å². The van der Waals surface area contributed by atoms with Crippen LogP contribution in [0.15, 0.2) is 18.2 Å². The predicted octanol–water partition coefficient (Wildman–Crippen LogP) is 1.90. The van der Waals surface area contributed by atoms with Crippen molar-refractivity contribution in [3.8, 4) is 0 Å². The molecule has 0 aliphatic carbocycles. The first-order chi connectivity index (χ1) is 5.24. The molecule has 0 bridgehead atoms. The van der Waals surface area contributed by atoms with Crippen LogP contribution in [0.4, 0.5) is 4.39 Å². The zero-order valence-electron chi connectivity index (χ0n) is 6.10. The Kier molecular flexibility index (Phi) is 3.38. The first-order valence-electron chi connectivity index (χ1n) is 3.19. The average molecular weight is 238 g/mol. The van der Waals surface area contributed by atoms with Crippen molar-refractivity contribution in [2.24, 2.45) is 0 Å². The van der Waals surface area contributed by atoms with Gasteiger partial charge in [0, 0.05) is 0 Å². The van der Waals surface area contributed by atoms with E-state index in [0.29, 0.717) is 5.02 Å². The third-order valence-electron chi connectivity index (χ3n) is 1.30. The van der Waals surface area contributed by atoms with Crippen molar-refractivity contribution in [1.29, 1.82) is 0 Å². The summed E-state index contributed by atoms with van der Waals surface area (Å²) in [7, 11) is 0. The Morgan fingerprint density at radius 2 is 2.27 bits per heavy atom. The third-order valence-corrected chi connectivity index (χ3v) is 3.49. The van der Waals surface area contributed by atoms with E-state index >= 15 is 0 Å². The molecule has 0 radical (unpaired) electrons. The van der Waals surface area contributed by atoms with Crippen molar-refractivity contribution in [1.82, 2.24) is 0 Å². The van der Waals surface area contributed by atoms with Crippen LogP contribution in [0.1, 0.15) is 5.56 Å². The summed E-state index contributed by atoms with van der Waals surface area (Å²) >= 11 is 5.75. The first-order valence-corrected chi connectivity index (χ1v) is 5.63. The molecule has 1 aromatic rings. The molecule has 0 saturated heterocycles. The number of hydrogen-bond donors (Lipinski definition) is 0. The van der Waals surface area contributed by atoms with Crippen LogP contribution in [0.3, 0.4) is 0 Å². The van der Waals surface area contributed by atoms with Gasteiger partial charge in [0.05, 0.1) is 0 Å². The Hall–Kier alpha value is -0.0405. The molecule has 1 rings (SSSR count). The summed E-state index contributed by atoms with van der Waals surface area (Å²) in [6, 6.07) is 5.73. The monoisotopic (exact) mass is 238 g/mol. The molecular formula is C8H8ClFSe.